The van der Waals surface area contributed by atoms with E-state index in [1.807, 2.05) is 43.3 Å². The van der Waals surface area contributed by atoms with E-state index in [4.69, 9.17) is 21.1 Å². The maximum atomic E-state index is 12.5. The molecule has 6 heteroatoms. The minimum absolute atomic E-state index is 0.211. The molecule has 0 saturated heterocycles. The Bertz CT molecular complexity index is 723. The van der Waals surface area contributed by atoms with Crippen LogP contribution in [-0.4, -0.2) is 36.7 Å². The SMILES string of the molecule is CCN(CC1COc2ccccc2O1)C(=O)Nc1ccccc1Cl. The first-order valence-electron chi connectivity index (χ1n) is 7.86. The Labute approximate surface area is 146 Å². The lowest BCUT2D eigenvalue weighted by Gasteiger charge is -2.31. The standard InChI is InChI=1S/C18H19ClN2O3/c1-2-21(18(22)20-15-8-4-3-7-14(15)19)11-13-12-23-16-9-5-6-10-17(16)24-13/h3-10,13H,2,11-12H2,1H3,(H,20,22). The van der Waals surface area contributed by atoms with Crippen LogP contribution >= 0.6 is 11.6 Å². The second kappa shape index (κ2) is 7.45. The highest BCUT2D eigenvalue weighted by molar-refractivity contribution is 6.33. The number of anilines is 1. The zero-order valence-electron chi connectivity index (χ0n) is 13.4. The zero-order valence-corrected chi connectivity index (χ0v) is 14.1. The van der Waals surface area contributed by atoms with Crippen molar-refractivity contribution < 1.29 is 14.3 Å². The van der Waals surface area contributed by atoms with E-state index in [9.17, 15) is 4.79 Å². The molecular formula is C18H19ClN2O3. The molecule has 1 N–H and O–H groups in total. The van der Waals surface area contributed by atoms with E-state index in [1.54, 1.807) is 17.0 Å². The number of likely N-dealkylation sites (N-methyl/N-ethyl adjacent to an activating group) is 1. The van der Waals surface area contributed by atoms with Gasteiger partial charge in [0.25, 0.3) is 0 Å². The number of urea groups is 1. The van der Waals surface area contributed by atoms with Crippen LogP contribution in [0.25, 0.3) is 0 Å². The lowest BCUT2D eigenvalue weighted by molar-refractivity contribution is 0.0693. The maximum Gasteiger partial charge on any atom is 0.322 e. The van der Waals surface area contributed by atoms with E-state index >= 15 is 0 Å². The topological polar surface area (TPSA) is 50.8 Å². The molecule has 0 saturated carbocycles. The van der Waals surface area contributed by atoms with Crippen molar-refractivity contribution in [3.05, 3.63) is 53.6 Å². The summed E-state index contributed by atoms with van der Waals surface area (Å²) >= 11 is 6.09. The van der Waals surface area contributed by atoms with Gasteiger partial charge in [0, 0.05) is 6.54 Å². The number of benzene rings is 2. The summed E-state index contributed by atoms with van der Waals surface area (Å²) in [6, 6.07) is 14.5. The lowest BCUT2D eigenvalue weighted by Crippen LogP contribution is -2.45. The van der Waals surface area contributed by atoms with Gasteiger partial charge in [-0.15, -0.1) is 0 Å². The molecule has 3 rings (SSSR count). The molecule has 0 aliphatic carbocycles. The van der Waals surface area contributed by atoms with E-state index in [0.29, 0.717) is 36.2 Å². The van der Waals surface area contributed by atoms with Gasteiger partial charge in [-0.25, -0.2) is 4.79 Å². The fraction of sp³-hybridized carbons (Fsp3) is 0.278. The number of halogens is 1. The Balaban J connectivity index is 1.63. The van der Waals surface area contributed by atoms with Crippen molar-refractivity contribution in [3.63, 3.8) is 0 Å². The number of fused-ring (bicyclic) bond motifs is 1. The predicted molar refractivity (Wildman–Crippen MR) is 94.1 cm³/mol. The maximum absolute atomic E-state index is 12.5. The first kappa shape index (κ1) is 16.5. The van der Waals surface area contributed by atoms with Crippen LogP contribution < -0.4 is 14.8 Å². The van der Waals surface area contributed by atoms with E-state index in [2.05, 4.69) is 5.32 Å². The molecule has 5 nitrogen and oxygen atoms in total. The highest BCUT2D eigenvalue weighted by Crippen LogP contribution is 2.31. The van der Waals surface area contributed by atoms with Gasteiger partial charge in [0.1, 0.15) is 6.61 Å². The fourth-order valence-electron chi connectivity index (χ4n) is 2.51. The summed E-state index contributed by atoms with van der Waals surface area (Å²) < 4.78 is 11.6. The Kier molecular flexibility index (Phi) is 5.11. The van der Waals surface area contributed by atoms with Crippen molar-refractivity contribution in [1.29, 1.82) is 0 Å². The van der Waals surface area contributed by atoms with Gasteiger partial charge >= 0.3 is 6.03 Å². The quantitative estimate of drug-likeness (QED) is 0.909. The van der Waals surface area contributed by atoms with Crippen molar-refractivity contribution in [1.82, 2.24) is 4.90 Å². The summed E-state index contributed by atoms with van der Waals surface area (Å²) in [6.07, 6.45) is -0.211. The lowest BCUT2D eigenvalue weighted by atomic mass is 10.2. The van der Waals surface area contributed by atoms with Crippen molar-refractivity contribution in [3.8, 4) is 11.5 Å². The normalized spacial score (nSPS) is 15.7. The number of hydrogen-bond donors (Lipinski definition) is 1. The Hall–Kier alpha value is -2.40. The van der Waals surface area contributed by atoms with Gasteiger partial charge in [0.2, 0.25) is 0 Å². The minimum Gasteiger partial charge on any atom is -0.486 e. The summed E-state index contributed by atoms with van der Waals surface area (Å²) in [7, 11) is 0. The first-order chi connectivity index (χ1) is 11.7. The van der Waals surface area contributed by atoms with Crippen molar-refractivity contribution in [2.24, 2.45) is 0 Å². The molecule has 126 valence electrons. The molecular weight excluding hydrogens is 328 g/mol. The van der Waals surface area contributed by atoms with Crippen LogP contribution in [0, 0.1) is 0 Å². The van der Waals surface area contributed by atoms with Gasteiger partial charge < -0.3 is 19.7 Å². The monoisotopic (exact) mass is 346 g/mol. The number of rotatable bonds is 4. The molecule has 0 bridgehead atoms. The summed E-state index contributed by atoms with van der Waals surface area (Å²) in [5.41, 5.74) is 0.591. The van der Waals surface area contributed by atoms with Gasteiger partial charge in [-0.2, -0.15) is 0 Å². The smallest absolute Gasteiger partial charge is 0.322 e. The van der Waals surface area contributed by atoms with Crippen molar-refractivity contribution in [2.75, 3.05) is 25.0 Å². The fourth-order valence-corrected chi connectivity index (χ4v) is 2.69. The molecule has 1 unspecified atom stereocenters. The summed E-state index contributed by atoms with van der Waals surface area (Å²) in [5.74, 6) is 1.44. The largest absolute Gasteiger partial charge is 0.486 e. The Morgan fingerprint density at radius 3 is 2.67 bits per heavy atom. The predicted octanol–water partition coefficient (Wildman–Crippen LogP) is 4.03. The molecule has 1 atom stereocenters. The third kappa shape index (κ3) is 3.74. The molecule has 2 aromatic rings. The molecule has 1 heterocycles. The summed E-state index contributed by atoms with van der Waals surface area (Å²) in [4.78, 5) is 14.1. The van der Waals surface area contributed by atoms with Crippen molar-refractivity contribution in [2.45, 2.75) is 13.0 Å². The highest BCUT2D eigenvalue weighted by atomic mass is 35.5. The number of ether oxygens (including phenoxy) is 2. The average molecular weight is 347 g/mol. The molecule has 24 heavy (non-hydrogen) atoms. The molecule has 2 amide bonds. The Morgan fingerprint density at radius 2 is 1.92 bits per heavy atom. The molecule has 0 fully saturated rings. The molecule has 1 aliphatic rings. The van der Waals surface area contributed by atoms with E-state index in [0.717, 1.165) is 5.75 Å². The van der Waals surface area contributed by atoms with Crippen LogP contribution in [-0.2, 0) is 0 Å². The number of carbonyl (C=O) groups excluding carboxylic acids is 1. The third-order valence-corrected chi connectivity index (χ3v) is 4.11. The van der Waals surface area contributed by atoms with Gasteiger partial charge in [-0.05, 0) is 31.2 Å². The van der Waals surface area contributed by atoms with Crippen LogP contribution in [0.5, 0.6) is 11.5 Å². The number of nitrogens with zero attached hydrogens (tertiary/aromatic N) is 1. The number of carbonyl (C=O) groups is 1. The van der Waals surface area contributed by atoms with Crippen molar-refractivity contribution >= 4 is 23.3 Å². The van der Waals surface area contributed by atoms with Gasteiger partial charge in [-0.1, -0.05) is 35.9 Å². The number of amides is 2. The average Bonchev–Trinajstić information content (AvgIpc) is 2.61. The van der Waals surface area contributed by atoms with Crippen LogP contribution in [0.15, 0.2) is 48.5 Å². The summed E-state index contributed by atoms with van der Waals surface area (Å²) in [5, 5.41) is 3.34. The number of hydrogen-bond acceptors (Lipinski definition) is 3. The zero-order chi connectivity index (χ0) is 16.9. The second-order valence-corrected chi connectivity index (χ2v) is 5.85. The first-order valence-corrected chi connectivity index (χ1v) is 8.24. The number of nitrogens with one attached hydrogen (secondary N) is 1. The molecule has 2 aromatic carbocycles. The van der Waals surface area contributed by atoms with E-state index in [1.165, 1.54) is 0 Å². The number of para-hydroxylation sites is 3. The Morgan fingerprint density at radius 1 is 1.21 bits per heavy atom. The van der Waals surface area contributed by atoms with E-state index < -0.39 is 0 Å². The second-order valence-electron chi connectivity index (χ2n) is 5.45. The van der Waals surface area contributed by atoms with Gasteiger partial charge in [0.05, 0.1) is 17.3 Å². The van der Waals surface area contributed by atoms with E-state index in [-0.39, 0.29) is 12.1 Å². The van der Waals surface area contributed by atoms with Gasteiger partial charge in [-0.3, -0.25) is 0 Å². The minimum atomic E-state index is -0.215. The van der Waals surface area contributed by atoms with Crippen LogP contribution in [0.3, 0.4) is 0 Å². The summed E-state index contributed by atoms with van der Waals surface area (Å²) in [6.45, 7) is 3.32. The molecule has 0 radical (unpaired) electrons. The van der Waals surface area contributed by atoms with Crippen LogP contribution in [0.2, 0.25) is 5.02 Å². The molecule has 1 aliphatic heterocycles. The third-order valence-electron chi connectivity index (χ3n) is 3.78. The highest BCUT2D eigenvalue weighted by Gasteiger charge is 2.25. The van der Waals surface area contributed by atoms with Crippen LogP contribution in [0.4, 0.5) is 10.5 Å². The van der Waals surface area contributed by atoms with Gasteiger partial charge in [0.15, 0.2) is 17.6 Å². The van der Waals surface area contributed by atoms with Crippen LogP contribution in [0.1, 0.15) is 6.92 Å². The molecule has 0 spiro atoms. The molecule has 0 aromatic heterocycles.